The van der Waals surface area contributed by atoms with Gasteiger partial charge in [-0.3, -0.25) is 9.25 Å². The van der Waals surface area contributed by atoms with E-state index in [4.69, 9.17) is 5.73 Å². The maximum absolute atomic E-state index is 6.21. The molecule has 2 atom stereocenters. The van der Waals surface area contributed by atoms with Crippen molar-refractivity contribution >= 4 is 17.1 Å². The minimum atomic E-state index is 0.646. The summed E-state index contributed by atoms with van der Waals surface area (Å²) in [4.78, 5) is 4.60. The Morgan fingerprint density at radius 3 is 2.76 bits per heavy atom. The minimum absolute atomic E-state index is 0.646. The summed E-state index contributed by atoms with van der Waals surface area (Å²) in [5, 5.41) is 4.63. The van der Waals surface area contributed by atoms with Gasteiger partial charge < -0.3 is 5.73 Å². The predicted molar refractivity (Wildman–Crippen MR) is 86.0 cm³/mol. The molecule has 2 aromatic rings. The first kappa shape index (κ1) is 14.4. The van der Waals surface area contributed by atoms with Crippen LogP contribution in [0.4, 0.5) is 5.95 Å². The van der Waals surface area contributed by atoms with Gasteiger partial charge in [-0.25, -0.2) is 4.98 Å². The third-order valence-corrected chi connectivity index (χ3v) is 5.01. The Kier molecular flexibility index (Phi) is 3.91. The number of fused-ring (bicyclic) bond motifs is 1. The average Bonchev–Trinajstić information content (AvgIpc) is 2.92. The van der Waals surface area contributed by atoms with Gasteiger partial charge in [0.15, 0.2) is 5.65 Å². The van der Waals surface area contributed by atoms with Crippen molar-refractivity contribution in [1.29, 1.82) is 0 Å². The lowest BCUT2D eigenvalue weighted by Gasteiger charge is -2.29. The maximum Gasteiger partial charge on any atom is 0.202 e. The predicted octanol–water partition coefficient (Wildman–Crippen LogP) is 3.13. The zero-order valence-electron chi connectivity index (χ0n) is 13.5. The minimum Gasteiger partial charge on any atom is -0.369 e. The maximum atomic E-state index is 6.21. The van der Waals surface area contributed by atoms with Gasteiger partial charge in [0.25, 0.3) is 0 Å². The Morgan fingerprint density at radius 1 is 1.29 bits per heavy atom. The van der Waals surface area contributed by atoms with Gasteiger partial charge in [-0.05, 0) is 24.7 Å². The fourth-order valence-corrected chi connectivity index (χ4v) is 3.74. The molecule has 1 aliphatic rings. The number of imidazole rings is 1. The van der Waals surface area contributed by atoms with Crippen LogP contribution >= 0.6 is 0 Å². The van der Waals surface area contributed by atoms with Gasteiger partial charge in [0.2, 0.25) is 5.95 Å². The first-order valence-corrected chi connectivity index (χ1v) is 8.29. The zero-order valence-corrected chi connectivity index (χ0v) is 13.5. The van der Waals surface area contributed by atoms with E-state index in [1.54, 1.807) is 0 Å². The van der Waals surface area contributed by atoms with Crippen LogP contribution in [0.3, 0.4) is 0 Å². The van der Waals surface area contributed by atoms with E-state index >= 15 is 0 Å². The Balaban J connectivity index is 1.96. The molecule has 2 heterocycles. The summed E-state index contributed by atoms with van der Waals surface area (Å²) < 4.78 is 4.14. The molecule has 1 saturated carbocycles. The fraction of sp³-hybridized carbons (Fsp3) is 0.750. The molecule has 5 heteroatoms. The summed E-state index contributed by atoms with van der Waals surface area (Å²) in [7, 11) is 2.00. The van der Waals surface area contributed by atoms with Gasteiger partial charge in [-0.1, -0.05) is 39.5 Å². The van der Waals surface area contributed by atoms with Crippen LogP contribution in [0.5, 0.6) is 0 Å². The second-order valence-corrected chi connectivity index (χ2v) is 6.59. The quantitative estimate of drug-likeness (QED) is 0.940. The van der Waals surface area contributed by atoms with Gasteiger partial charge in [0, 0.05) is 13.6 Å². The van der Waals surface area contributed by atoms with Crippen molar-refractivity contribution in [2.45, 2.75) is 58.9 Å². The second-order valence-electron chi connectivity index (χ2n) is 6.59. The highest BCUT2D eigenvalue weighted by atomic mass is 15.3. The molecular weight excluding hydrogens is 262 g/mol. The van der Waals surface area contributed by atoms with E-state index < -0.39 is 0 Å². The molecule has 116 valence electrons. The number of nitrogen functional groups attached to an aromatic ring is 1. The van der Waals surface area contributed by atoms with Crippen LogP contribution in [0, 0.1) is 11.8 Å². The van der Waals surface area contributed by atoms with E-state index in [0.29, 0.717) is 11.9 Å². The number of hydrogen-bond acceptors (Lipinski definition) is 3. The van der Waals surface area contributed by atoms with Crippen molar-refractivity contribution in [3.63, 3.8) is 0 Å². The summed E-state index contributed by atoms with van der Waals surface area (Å²) in [5.41, 5.74) is 9.38. The van der Waals surface area contributed by atoms with Crippen LogP contribution in [0.15, 0.2) is 0 Å². The van der Waals surface area contributed by atoms with Gasteiger partial charge >= 0.3 is 0 Å². The third-order valence-electron chi connectivity index (χ3n) is 5.01. The van der Waals surface area contributed by atoms with E-state index in [9.17, 15) is 0 Å². The van der Waals surface area contributed by atoms with Crippen molar-refractivity contribution in [2.75, 3.05) is 5.73 Å². The van der Waals surface area contributed by atoms with E-state index in [-0.39, 0.29) is 0 Å². The van der Waals surface area contributed by atoms with Crippen LogP contribution in [-0.2, 0) is 20.0 Å². The Hall–Kier alpha value is -1.52. The molecule has 0 spiro atoms. The SMILES string of the molecule is CCCc1nn(C)c2c1nc(N)n2CC1CCCCC1C. The van der Waals surface area contributed by atoms with Crippen molar-refractivity contribution in [3.8, 4) is 0 Å². The molecule has 1 fully saturated rings. The summed E-state index contributed by atoms with van der Waals surface area (Å²) in [5.74, 6) is 2.13. The molecule has 0 bridgehead atoms. The molecule has 2 unspecified atom stereocenters. The number of aryl methyl sites for hydroxylation is 2. The number of hydrogen-bond donors (Lipinski definition) is 1. The zero-order chi connectivity index (χ0) is 15.0. The molecule has 21 heavy (non-hydrogen) atoms. The first-order valence-electron chi connectivity index (χ1n) is 8.29. The summed E-state index contributed by atoms with van der Waals surface area (Å²) in [6, 6.07) is 0. The van der Waals surface area contributed by atoms with Crippen molar-refractivity contribution in [2.24, 2.45) is 18.9 Å². The highest BCUT2D eigenvalue weighted by molar-refractivity contribution is 5.77. The molecule has 3 rings (SSSR count). The van der Waals surface area contributed by atoms with Crippen molar-refractivity contribution in [1.82, 2.24) is 19.3 Å². The molecular formula is C16H27N5. The number of nitrogens with two attached hydrogens (primary N) is 1. The molecule has 2 N–H and O–H groups in total. The molecule has 5 nitrogen and oxygen atoms in total. The van der Waals surface area contributed by atoms with E-state index in [2.05, 4.69) is 28.5 Å². The topological polar surface area (TPSA) is 61.7 Å². The van der Waals surface area contributed by atoms with E-state index in [0.717, 1.165) is 42.2 Å². The van der Waals surface area contributed by atoms with Crippen LogP contribution < -0.4 is 5.73 Å². The molecule has 0 aliphatic heterocycles. The monoisotopic (exact) mass is 289 g/mol. The Morgan fingerprint density at radius 2 is 2.05 bits per heavy atom. The van der Waals surface area contributed by atoms with Crippen LogP contribution in [0.25, 0.3) is 11.2 Å². The molecule has 0 radical (unpaired) electrons. The lowest BCUT2D eigenvalue weighted by atomic mass is 9.80. The molecule has 0 saturated heterocycles. The molecule has 0 aromatic carbocycles. The average molecular weight is 289 g/mol. The number of rotatable bonds is 4. The molecule has 1 aliphatic carbocycles. The van der Waals surface area contributed by atoms with Gasteiger partial charge in [0.1, 0.15) is 5.52 Å². The number of aromatic nitrogens is 4. The standard InChI is InChI=1S/C16H27N5/c1-4-7-13-14-15(20(3)19-13)21(16(17)18-14)10-12-9-6-5-8-11(12)2/h11-12H,4-10H2,1-3H3,(H2,17,18). The van der Waals surface area contributed by atoms with Gasteiger partial charge in [-0.2, -0.15) is 5.10 Å². The van der Waals surface area contributed by atoms with E-state index in [1.807, 2.05) is 11.7 Å². The van der Waals surface area contributed by atoms with Crippen molar-refractivity contribution < 1.29 is 0 Å². The fourth-order valence-electron chi connectivity index (χ4n) is 3.74. The van der Waals surface area contributed by atoms with Crippen LogP contribution in [0.1, 0.15) is 51.6 Å². The van der Waals surface area contributed by atoms with Gasteiger partial charge in [-0.15, -0.1) is 0 Å². The smallest absolute Gasteiger partial charge is 0.202 e. The van der Waals surface area contributed by atoms with Crippen molar-refractivity contribution in [3.05, 3.63) is 5.69 Å². The first-order chi connectivity index (χ1) is 10.1. The lowest BCUT2D eigenvalue weighted by molar-refractivity contribution is 0.231. The Bertz CT molecular complexity index is 624. The van der Waals surface area contributed by atoms with Crippen LogP contribution in [0.2, 0.25) is 0 Å². The summed E-state index contributed by atoms with van der Waals surface area (Å²) in [6.45, 7) is 5.53. The van der Waals surface area contributed by atoms with Gasteiger partial charge in [0.05, 0.1) is 5.69 Å². The normalized spacial score (nSPS) is 23.0. The van der Waals surface area contributed by atoms with Crippen LogP contribution in [-0.4, -0.2) is 19.3 Å². The molecule has 0 amide bonds. The number of nitrogens with zero attached hydrogens (tertiary/aromatic N) is 4. The highest BCUT2D eigenvalue weighted by Gasteiger charge is 2.25. The molecule has 2 aromatic heterocycles. The Labute approximate surface area is 126 Å². The summed E-state index contributed by atoms with van der Waals surface area (Å²) in [6.07, 6.45) is 7.42. The van der Waals surface area contributed by atoms with E-state index in [1.165, 1.54) is 25.7 Å². The largest absolute Gasteiger partial charge is 0.369 e. The summed E-state index contributed by atoms with van der Waals surface area (Å²) >= 11 is 0. The number of anilines is 1. The lowest BCUT2D eigenvalue weighted by Crippen LogP contribution is -2.23. The highest BCUT2D eigenvalue weighted by Crippen LogP contribution is 2.32. The second kappa shape index (κ2) is 5.70. The third kappa shape index (κ3) is 2.54.